The molecule has 0 radical (unpaired) electrons. The lowest BCUT2D eigenvalue weighted by atomic mass is 9.72. The summed E-state index contributed by atoms with van der Waals surface area (Å²) in [5.41, 5.74) is 4.73. The molecule has 0 spiro atoms. The largest absolute Gasteiger partial charge is 0.480 e. The first kappa shape index (κ1) is 25.8. The third-order valence-corrected chi connectivity index (χ3v) is 5.67. The van der Waals surface area contributed by atoms with Crippen molar-refractivity contribution in [2.45, 2.75) is 59.9 Å². The second kappa shape index (κ2) is 11.8. The van der Waals surface area contributed by atoms with Crippen molar-refractivity contribution in [1.82, 2.24) is 5.32 Å². The molecule has 0 heterocycles. The van der Waals surface area contributed by atoms with E-state index in [1.807, 2.05) is 19.1 Å². The van der Waals surface area contributed by atoms with Crippen LogP contribution in [-0.2, 0) is 20.7 Å². The predicted octanol–water partition coefficient (Wildman–Crippen LogP) is 4.31. The fourth-order valence-corrected chi connectivity index (χ4v) is 3.93. The Labute approximate surface area is 181 Å². The first-order valence-corrected chi connectivity index (χ1v) is 11.2. The Morgan fingerprint density at radius 3 is 2.47 bits per heavy atom. The first-order chi connectivity index (χ1) is 13.9. The Morgan fingerprint density at radius 1 is 1.23 bits per heavy atom. The number of carbonyl (C=O) groups excluding carboxylic acids is 1. The van der Waals surface area contributed by atoms with Crippen molar-refractivity contribution in [2.75, 3.05) is 5.75 Å². The molecule has 6 nitrogen and oxygen atoms in total. The highest BCUT2D eigenvalue weighted by Crippen LogP contribution is 2.40. The molecule has 1 rings (SSSR count). The van der Waals surface area contributed by atoms with Crippen LogP contribution in [0.25, 0.3) is 0 Å². The van der Waals surface area contributed by atoms with Crippen LogP contribution in [0.5, 0.6) is 0 Å². The zero-order valence-corrected chi connectivity index (χ0v) is 19.2. The minimum absolute atomic E-state index is 0.193. The van der Waals surface area contributed by atoms with E-state index in [4.69, 9.17) is 9.66 Å². The number of allylic oxidation sites excluding steroid dienone is 9. The molecule has 7 heteroatoms. The number of carboxylic acids is 1. The van der Waals surface area contributed by atoms with Gasteiger partial charge in [0, 0.05) is 6.08 Å². The highest BCUT2D eigenvalue weighted by Gasteiger charge is 2.26. The molecule has 2 atom stereocenters. The van der Waals surface area contributed by atoms with E-state index >= 15 is 0 Å². The second-order valence-corrected chi connectivity index (χ2v) is 9.29. The van der Waals surface area contributed by atoms with Crippen molar-refractivity contribution in [2.24, 2.45) is 5.41 Å². The Morgan fingerprint density at radius 2 is 1.90 bits per heavy atom. The number of nitrogens with one attached hydrogen (secondary N) is 1. The summed E-state index contributed by atoms with van der Waals surface area (Å²) < 4.78 is 19.6. The standard InChI is InChI=1S/C23H33NO5S/c1-16(11-12-19-18(3)10-7-13-23(19,4)5)8-6-9-17(2)14-21(25)24-20(22(26)27)15-30(28)29/h6,8-9,11-12,14,20H,7,10,13,15H2,1-5H3,(H,24,25)(H,26,27)(H,28,29)/b9-6+,12-11+,16-8+,17-14+. The molecule has 30 heavy (non-hydrogen) atoms. The SMILES string of the molecule is CC1=C(/C=C/C(C)=C/C=C/C(C)=C/C(=O)NC(CS(=O)O)C(=O)O)C(C)(C)CCC1. The van der Waals surface area contributed by atoms with E-state index in [9.17, 15) is 13.8 Å². The van der Waals surface area contributed by atoms with Gasteiger partial charge in [0.15, 0.2) is 11.1 Å². The third kappa shape index (κ3) is 9.05. The number of hydrogen-bond donors (Lipinski definition) is 3. The van der Waals surface area contributed by atoms with Gasteiger partial charge in [-0.25, -0.2) is 9.00 Å². The minimum atomic E-state index is -2.31. The summed E-state index contributed by atoms with van der Waals surface area (Å²) in [5, 5.41) is 11.2. The van der Waals surface area contributed by atoms with Crippen LogP contribution in [0, 0.1) is 5.41 Å². The number of amides is 1. The fourth-order valence-electron chi connectivity index (χ4n) is 3.42. The van der Waals surface area contributed by atoms with Crippen molar-refractivity contribution >= 4 is 23.0 Å². The van der Waals surface area contributed by atoms with E-state index in [1.165, 1.54) is 30.1 Å². The number of hydrogen-bond acceptors (Lipinski definition) is 3. The average molecular weight is 436 g/mol. The minimum Gasteiger partial charge on any atom is -0.480 e. The van der Waals surface area contributed by atoms with Gasteiger partial charge in [0.05, 0.1) is 5.75 Å². The molecule has 0 aromatic carbocycles. The van der Waals surface area contributed by atoms with Gasteiger partial charge in [0.1, 0.15) is 6.04 Å². The number of aliphatic carboxylic acids is 1. The molecule has 0 saturated carbocycles. The van der Waals surface area contributed by atoms with Crippen LogP contribution < -0.4 is 5.32 Å². The highest BCUT2D eigenvalue weighted by molar-refractivity contribution is 7.79. The summed E-state index contributed by atoms with van der Waals surface area (Å²) in [7, 11) is 0. The maximum atomic E-state index is 11.9. The molecule has 1 aliphatic carbocycles. The monoisotopic (exact) mass is 435 g/mol. The van der Waals surface area contributed by atoms with Crippen LogP contribution in [-0.4, -0.2) is 37.5 Å². The molecule has 0 saturated heterocycles. The predicted molar refractivity (Wildman–Crippen MR) is 121 cm³/mol. The van der Waals surface area contributed by atoms with Crippen molar-refractivity contribution in [3.8, 4) is 0 Å². The summed E-state index contributed by atoms with van der Waals surface area (Å²) in [5.74, 6) is -2.55. The van der Waals surface area contributed by atoms with Gasteiger partial charge in [-0.05, 0) is 56.6 Å². The van der Waals surface area contributed by atoms with E-state index in [0.29, 0.717) is 5.57 Å². The topological polar surface area (TPSA) is 104 Å². The second-order valence-electron chi connectivity index (χ2n) is 8.31. The van der Waals surface area contributed by atoms with Crippen LogP contribution in [0.3, 0.4) is 0 Å². The zero-order valence-electron chi connectivity index (χ0n) is 18.4. The van der Waals surface area contributed by atoms with Crippen molar-refractivity contribution in [3.63, 3.8) is 0 Å². The lowest BCUT2D eigenvalue weighted by Gasteiger charge is -2.32. The van der Waals surface area contributed by atoms with Gasteiger partial charge in [0.2, 0.25) is 5.91 Å². The maximum absolute atomic E-state index is 11.9. The molecule has 0 aromatic rings. The molecular formula is C23H33NO5S. The van der Waals surface area contributed by atoms with E-state index in [-0.39, 0.29) is 5.41 Å². The summed E-state index contributed by atoms with van der Waals surface area (Å²) in [6.07, 6.45) is 14.6. The third-order valence-electron chi connectivity index (χ3n) is 5.06. The van der Waals surface area contributed by atoms with E-state index in [1.54, 1.807) is 13.0 Å². The Kier molecular flexibility index (Phi) is 10.2. The van der Waals surface area contributed by atoms with Gasteiger partial charge in [-0.1, -0.05) is 55.4 Å². The normalized spacial score (nSPS) is 19.9. The molecule has 0 aromatic heterocycles. The molecule has 0 bridgehead atoms. The van der Waals surface area contributed by atoms with Crippen LogP contribution >= 0.6 is 0 Å². The van der Waals surface area contributed by atoms with Gasteiger partial charge in [0.25, 0.3) is 0 Å². The first-order valence-electron chi connectivity index (χ1n) is 9.94. The maximum Gasteiger partial charge on any atom is 0.327 e. The lowest BCUT2D eigenvalue weighted by Crippen LogP contribution is -2.43. The molecular weight excluding hydrogens is 402 g/mol. The van der Waals surface area contributed by atoms with Gasteiger partial charge in [-0.15, -0.1) is 0 Å². The average Bonchev–Trinajstić information content (AvgIpc) is 2.59. The molecule has 1 amide bonds. The molecule has 3 N–H and O–H groups in total. The van der Waals surface area contributed by atoms with Crippen molar-refractivity contribution in [3.05, 3.63) is 58.7 Å². The molecule has 2 unspecified atom stereocenters. The molecule has 166 valence electrons. The van der Waals surface area contributed by atoms with E-state index in [0.717, 1.165) is 12.0 Å². The number of carbonyl (C=O) groups is 2. The van der Waals surface area contributed by atoms with E-state index in [2.05, 4.69) is 38.2 Å². The number of rotatable bonds is 9. The van der Waals surface area contributed by atoms with Crippen LogP contribution in [0.1, 0.15) is 53.9 Å². The summed E-state index contributed by atoms with van der Waals surface area (Å²) >= 11 is -2.31. The lowest BCUT2D eigenvalue weighted by molar-refractivity contribution is -0.140. The van der Waals surface area contributed by atoms with E-state index < -0.39 is 34.8 Å². The van der Waals surface area contributed by atoms with Gasteiger partial charge in [-0.2, -0.15) is 0 Å². The Hall–Kier alpha value is -2.25. The summed E-state index contributed by atoms with van der Waals surface area (Å²) in [4.78, 5) is 22.9. The van der Waals surface area contributed by atoms with Crippen molar-refractivity contribution < 1.29 is 23.5 Å². The van der Waals surface area contributed by atoms with Crippen LogP contribution in [0.4, 0.5) is 0 Å². The van der Waals surface area contributed by atoms with Gasteiger partial charge < -0.3 is 15.0 Å². The quantitative estimate of drug-likeness (QED) is 0.284. The Bertz CT molecular complexity index is 831. The van der Waals surface area contributed by atoms with Crippen molar-refractivity contribution in [1.29, 1.82) is 0 Å². The van der Waals surface area contributed by atoms with Crippen LogP contribution in [0.15, 0.2) is 58.7 Å². The summed E-state index contributed by atoms with van der Waals surface area (Å²) in [6.45, 7) is 10.5. The zero-order chi connectivity index (χ0) is 22.9. The van der Waals surface area contributed by atoms with Gasteiger partial charge >= 0.3 is 5.97 Å². The smallest absolute Gasteiger partial charge is 0.327 e. The molecule has 0 aliphatic heterocycles. The molecule has 0 fully saturated rings. The van der Waals surface area contributed by atoms with Gasteiger partial charge in [-0.3, -0.25) is 4.79 Å². The summed E-state index contributed by atoms with van der Waals surface area (Å²) in [6, 6.07) is -1.41. The molecule has 1 aliphatic rings. The highest BCUT2D eigenvalue weighted by atomic mass is 32.2. The Balaban J connectivity index is 2.74. The number of carboxylic acid groups (broad SMARTS) is 1. The van der Waals surface area contributed by atoms with Crippen LogP contribution in [0.2, 0.25) is 0 Å². The fraction of sp³-hybridized carbons (Fsp3) is 0.478.